The van der Waals surface area contributed by atoms with Crippen LogP contribution in [0.15, 0.2) is 42.5 Å². The van der Waals surface area contributed by atoms with Crippen LogP contribution in [0.4, 0.5) is 5.69 Å². The van der Waals surface area contributed by atoms with Crippen molar-refractivity contribution in [2.45, 2.75) is 6.92 Å². The van der Waals surface area contributed by atoms with E-state index in [0.29, 0.717) is 17.2 Å². The Hall–Kier alpha value is -2.23. The first kappa shape index (κ1) is 13.8. The summed E-state index contributed by atoms with van der Waals surface area (Å²) < 4.78 is 10.3. The van der Waals surface area contributed by atoms with E-state index < -0.39 is 0 Å². The average molecular weight is 247 g/mol. The van der Waals surface area contributed by atoms with Crippen LogP contribution in [0.2, 0.25) is 0 Å². The van der Waals surface area contributed by atoms with Crippen molar-refractivity contribution in [2.24, 2.45) is 0 Å². The Morgan fingerprint density at radius 2 is 2.00 bits per heavy atom. The number of anilines is 1. The molecule has 0 aliphatic rings. The van der Waals surface area contributed by atoms with Crippen LogP contribution < -0.4 is 14.8 Å². The number of benzene rings is 1. The Morgan fingerprint density at radius 1 is 1.22 bits per heavy atom. The molecule has 1 N–H and O–H groups in total. The quantitative estimate of drug-likeness (QED) is 0.643. The van der Waals surface area contributed by atoms with E-state index >= 15 is 0 Å². The largest absolute Gasteiger partial charge is 0.497 e. The molecule has 0 bridgehead atoms. The molecular formula is C14H17NO3. The third-order valence-electron chi connectivity index (χ3n) is 2.22. The second-order valence-electron chi connectivity index (χ2n) is 3.44. The minimum absolute atomic E-state index is 0.212. The molecule has 1 aromatic carbocycles. The van der Waals surface area contributed by atoms with Gasteiger partial charge in [-0.3, -0.25) is 4.79 Å². The number of methoxy groups -OCH3 is 2. The molecule has 0 spiro atoms. The molecule has 0 fully saturated rings. The number of amides is 1. The van der Waals surface area contributed by atoms with Gasteiger partial charge in [0.15, 0.2) is 0 Å². The minimum Gasteiger partial charge on any atom is -0.497 e. The normalized spacial score (nSPS) is 10.8. The average Bonchev–Trinajstić information content (AvgIpc) is 2.39. The van der Waals surface area contributed by atoms with E-state index in [1.165, 1.54) is 6.08 Å². The number of carbonyl (C=O) groups is 1. The van der Waals surface area contributed by atoms with E-state index in [-0.39, 0.29) is 5.91 Å². The Bertz CT molecular complexity index is 464. The summed E-state index contributed by atoms with van der Waals surface area (Å²) in [5.74, 6) is 1.02. The van der Waals surface area contributed by atoms with Crippen molar-refractivity contribution in [1.82, 2.24) is 0 Å². The van der Waals surface area contributed by atoms with E-state index in [0.717, 1.165) is 0 Å². The molecule has 1 amide bonds. The number of hydrogen-bond donors (Lipinski definition) is 1. The summed E-state index contributed by atoms with van der Waals surface area (Å²) in [4.78, 5) is 11.6. The fraction of sp³-hybridized carbons (Fsp3) is 0.214. The van der Waals surface area contributed by atoms with Crippen molar-refractivity contribution >= 4 is 11.6 Å². The second-order valence-corrected chi connectivity index (χ2v) is 3.44. The lowest BCUT2D eigenvalue weighted by atomic mass is 10.2. The van der Waals surface area contributed by atoms with Gasteiger partial charge in [0.1, 0.15) is 11.5 Å². The molecule has 4 heteroatoms. The molecule has 1 aromatic rings. The summed E-state index contributed by atoms with van der Waals surface area (Å²) in [5, 5.41) is 2.73. The SMILES string of the molecule is C/C=C/C=C/C(=O)Nc1ccc(OC)cc1OC. The molecule has 0 aliphatic heterocycles. The molecule has 0 aromatic heterocycles. The molecule has 0 saturated heterocycles. The van der Waals surface area contributed by atoms with E-state index in [1.807, 2.05) is 13.0 Å². The van der Waals surface area contributed by atoms with Gasteiger partial charge in [0.25, 0.3) is 0 Å². The van der Waals surface area contributed by atoms with E-state index in [2.05, 4.69) is 5.32 Å². The first-order valence-corrected chi connectivity index (χ1v) is 5.53. The van der Waals surface area contributed by atoms with Crippen molar-refractivity contribution in [3.05, 3.63) is 42.5 Å². The number of carbonyl (C=O) groups excluding carboxylic acids is 1. The van der Waals surface area contributed by atoms with Gasteiger partial charge in [-0.1, -0.05) is 18.2 Å². The van der Waals surface area contributed by atoms with Crippen LogP contribution >= 0.6 is 0 Å². The zero-order valence-corrected chi connectivity index (χ0v) is 10.8. The van der Waals surface area contributed by atoms with Gasteiger partial charge in [-0.2, -0.15) is 0 Å². The monoisotopic (exact) mass is 247 g/mol. The fourth-order valence-corrected chi connectivity index (χ4v) is 1.33. The maximum atomic E-state index is 11.6. The summed E-state index contributed by atoms with van der Waals surface area (Å²) in [6.07, 6.45) is 6.75. The highest BCUT2D eigenvalue weighted by molar-refractivity contribution is 6.00. The van der Waals surface area contributed by atoms with Crippen molar-refractivity contribution in [3.63, 3.8) is 0 Å². The van der Waals surface area contributed by atoms with Crippen molar-refractivity contribution in [2.75, 3.05) is 19.5 Å². The smallest absolute Gasteiger partial charge is 0.248 e. The lowest BCUT2D eigenvalue weighted by Crippen LogP contribution is -2.08. The number of hydrogen-bond acceptors (Lipinski definition) is 3. The highest BCUT2D eigenvalue weighted by Crippen LogP contribution is 2.28. The zero-order chi connectivity index (χ0) is 13.4. The third-order valence-corrected chi connectivity index (χ3v) is 2.22. The molecule has 1 rings (SSSR count). The van der Waals surface area contributed by atoms with Gasteiger partial charge < -0.3 is 14.8 Å². The lowest BCUT2D eigenvalue weighted by Gasteiger charge is -2.10. The molecular weight excluding hydrogens is 230 g/mol. The van der Waals surface area contributed by atoms with Crippen LogP contribution in [0.25, 0.3) is 0 Å². The molecule has 0 atom stereocenters. The molecule has 96 valence electrons. The number of ether oxygens (including phenoxy) is 2. The Balaban J connectivity index is 2.80. The van der Waals surface area contributed by atoms with Gasteiger partial charge in [0.2, 0.25) is 5.91 Å². The Morgan fingerprint density at radius 3 is 2.61 bits per heavy atom. The van der Waals surface area contributed by atoms with Crippen LogP contribution in [0.5, 0.6) is 11.5 Å². The summed E-state index contributed by atoms with van der Waals surface area (Å²) >= 11 is 0. The van der Waals surface area contributed by atoms with Gasteiger partial charge in [0.05, 0.1) is 19.9 Å². The standard InChI is InChI=1S/C14H17NO3/c1-4-5-6-7-14(16)15-12-9-8-11(17-2)10-13(12)18-3/h4-10H,1-3H3,(H,15,16)/b5-4+,7-6+. The predicted octanol–water partition coefficient (Wildman–Crippen LogP) is 2.77. The summed E-state index contributed by atoms with van der Waals surface area (Å²) in [5.41, 5.74) is 0.605. The van der Waals surface area contributed by atoms with E-state index in [1.54, 1.807) is 44.6 Å². The molecule has 0 heterocycles. The van der Waals surface area contributed by atoms with Crippen LogP contribution in [0.1, 0.15) is 6.92 Å². The summed E-state index contributed by atoms with van der Waals surface area (Å²) in [6.45, 7) is 1.88. The van der Waals surface area contributed by atoms with Gasteiger partial charge >= 0.3 is 0 Å². The number of allylic oxidation sites excluding steroid dienone is 3. The highest BCUT2D eigenvalue weighted by atomic mass is 16.5. The molecule has 0 aliphatic carbocycles. The van der Waals surface area contributed by atoms with Crippen LogP contribution in [-0.2, 0) is 4.79 Å². The van der Waals surface area contributed by atoms with Crippen molar-refractivity contribution in [3.8, 4) is 11.5 Å². The third kappa shape index (κ3) is 3.97. The minimum atomic E-state index is -0.212. The lowest BCUT2D eigenvalue weighted by molar-refractivity contribution is -0.111. The Kier molecular flexibility index (Phi) is 5.51. The number of rotatable bonds is 5. The van der Waals surface area contributed by atoms with Crippen LogP contribution in [-0.4, -0.2) is 20.1 Å². The van der Waals surface area contributed by atoms with Crippen molar-refractivity contribution < 1.29 is 14.3 Å². The van der Waals surface area contributed by atoms with Gasteiger partial charge in [-0.05, 0) is 19.1 Å². The van der Waals surface area contributed by atoms with Crippen LogP contribution in [0, 0.1) is 0 Å². The molecule has 0 unspecified atom stereocenters. The topological polar surface area (TPSA) is 47.6 Å². The van der Waals surface area contributed by atoms with Crippen LogP contribution in [0.3, 0.4) is 0 Å². The first-order valence-electron chi connectivity index (χ1n) is 5.53. The van der Waals surface area contributed by atoms with Gasteiger partial charge in [-0.25, -0.2) is 0 Å². The maximum absolute atomic E-state index is 11.6. The number of nitrogens with one attached hydrogen (secondary N) is 1. The predicted molar refractivity (Wildman–Crippen MR) is 72.1 cm³/mol. The van der Waals surface area contributed by atoms with Crippen molar-refractivity contribution in [1.29, 1.82) is 0 Å². The van der Waals surface area contributed by atoms with E-state index in [4.69, 9.17) is 9.47 Å². The highest BCUT2D eigenvalue weighted by Gasteiger charge is 2.06. The molecule has 0 saturated carbocycles. The molecule has 18 heavy (non-hydrogen) atoms. The second kappa shape index (κ2) is 7.17. The molecule has 0 radical (unpaired) electrons. The molecule has 4 nitrogen and oxygen atoms in total. The summed E-state index contributed by atoms with van der Waals surface area (Å²) in [6, 6.07) is 5.21. The maximum Gasteiger partial charge on any atom is 0.248 e. The first-order chi connectivity index (χ1) is 8.71. The van der Waals surface area contributed by atoms with Gasteiger partial charge in [0, 0.05) is 12.1 Å². The Labute approximate surface area is 107 Å². The van der Waals surface area contributed by atoms with Gasteiger partial charge in [-0.15, -0.1) is 0 Å². The zero-order valence-electron chi connectivity index (χ0n) is 10.8. The summed E-state index contributed by atoms with van der Waals surface area (Å²) in [7, 11) is 3.12. The fourth-order valence-electron chi connectivity index (χ4n) is 1.33. The van der Waals surface area contributed by atoms with E-state index in [9.17, 15) is 4.79 Å².